The van der Waals surface area contributed by atoms with Crippen LogP contribution in [0.3, 0.4) is 0 Å². The van der Waals surface area contributed by atoms with E-state index in [1.54, 1.807) is 24.3 Å². The molecular formula is C22H21N3O3. The summed E-state index contributed by atoms with van der Waals surface area (Å²) in [4.78, 5) is 25.4. The van der Waals surface area contributed by atoms with Gasteiger partial charge in [-0.3, -0.25) is 14.7 Å². The Morgan fingerprint density at radius 2 is 1.89 bits per heavy atom. The van der Waals surface area contributed by atoms with Gasteiger partial charge in [-0.1, -0.05) is 37.3 Å². The fraction of sp³-hybridized carbons (Fsp3) is 0.227. The molecule has 0 saturated carbocycles. The molecular weight excluding hydrogens is 354 g/mol. The fourth-order valence-electron chi connectivity index (χ4n) is 3.44. The summed E-state index contributed by atoms with van der Waals surface area (Å²) in [5, 5.41) is 9.98. The molecule has 4 rings (SSSR count). The SMILES string of the molecule is CCCOc1ccc(C(=O)C2CC(=O)Nc3n[nH]c(-c4ccccc4)c32)cc1. The van der Waals surface area contributed by atoms with E-state index in [-0.39, 0.29) is 18.1 Å². The van der Waals surface area contributed by atoms with Gasteiger partial charge in [-0.05, 0) is 36.2 Å². The molecule has 1 atom stereocenters. The molecule has 142 valence electrons. The molecule has 1 amide bonds. The third kappa shape index (κ3) is 3.41. The molecule has 1 aliphatic rings. The molecule has 2 N–H and O–H groups in total. The number of rotatable bonds is 6. The van der Waals surface area contributed by atoms with Gasteiger partial charge in [0.15, 0.2) is 11.6 Å². The molecule has 0 spiro atoms. The van der Waals surface area contributed by atoms with Crippen molar-refractivity contribution >= 4 is 17.5 Å². The van der Waals surface area contributed by atoms with E-state index in [1.807, 2.05) is 37.3 Å². The Balaban J connectivity index is 1.68. The Kier molecular flexibility index (Phi) is 4.93. The smallest absolute Gasteiger partial charge is 0.226 e. The van der Waals surface area contributed by atoms with Crippen LogP contribution in [0.1, 0.15) is 41.6 Å². The summed E-state index contributed by atoms with van der Waals surface area (Å²) in [6.45, 7) is 2.67. The predicted octanol–water partition coefficient (Wildman–Crippen LogP) is 4.17. The highest BCUT2D eigenvalue weighted by molar-refractivity contribution is 6.08. The van der Waals surface area contributed by atoms with E-state index >= 15 is 0 Å². The number of carbonyl (C=O) groups is 2. The summed E-state index contributed by atoms with van der Waals surface area (Å²) in [7, 11) is 0. The van der Waals surface area contributed by atoms with Crippen LogP contribution in [0, 0.1) is 0 Å². The lowest BCUT2D eigenvalue weighted by molar-refractivity contribution is -0.116. The Bertz CT molecular complexity index is 994. The fourth-order valence-corrected chi connectivity index (χ4v) is 3.44. The minimum Gasteiger partial charge on any atom is -0.494 e. The number of anilines is 1. The van der Waals surface area contributed by atoms with Crippen molar-refractivity contribution < 1.29 is 14.3 Å². The maximum absolute atomic E-state index is 13.3. The number of ketones is 1. The summed E-state index contributed by atoms with van der Waals surface area (Å²) >= 11 is 0. The van der Waals surface area contributed by atoms with Crippen molar-refractivity contribution in [2.75, 3.05) is 11.9 Å². The van der Waals surface area contributed by atoms with E-state index in [0.29, 0.717) is 18.0 Å². The number of benzene rings is 2. The minimum absolute atomic E-state index is 0.0965. The molecule has 0 aliphatic carbocycles. The van der Waals surface area contributed by atoms with Crippen molar-refractivity contribution in [1.29, 1.82) is 0 Å². The molecule has 1 aromatic heterocycles. The first-order chi connectivity index (χ1) is 13.7. The van der Waals surface area contributed by atoms with Crippen LogP contribution in [0.4, 0.5) is 5.82 Å². The number of nitrogens with zero attached hydrogens (tertiary/aromatic N) is 1. The van der Waals surface area contributed by atoms with Crippen molar-refractivity contribution in [1.82, 2.24) is 10.2 Å². The van der Waals surface area contributed by atoms with E-state index < -0.39 is 5.92 Å². The molecule has 3 aromatic rings. The van der Waals surface area contributed by atoms with Crippen LogP contribution in [0.2, 0.25) is 0 Å². The number of Topliss-reactive ketones (excluding diaryl/α,β-unsaturated/α-hetero) is 1. The topological polar surface area (TPSA) is 84.1 Å². The van der Waals surface area contributed by atoms with Gasteiger partial charge >= 0.3 is 0 Å². The number of hydrogen-bond donors (Lipinski definition) is 2. The third-order valence-electron chi connectivity index (χ3n) is 4.79. The van der Waals surface area contributed by atoms with Crippen LogP contribution in [-0.2, 0) is 4.79 Å². The Morgan fingerprint density at radius 3 is 2.61 bits per heavy atom. The summed E-state index contributed by atoms with van der Waals surface area (Å²) in [6, 6.07) is 16.8. The molecule has 1 unspecified atom stereocenters. The quantitative estimate of drug-likeness (QED) is 0.633. The minimum atomic E-state index is -0.583. The number of aromatic nitrogens is 2. The number of nitrogens with one attached hydrogen (secondary N) is 2. The van der Waals surface area contributed by atoms with E-state index in [9.17, 15) is 9.59 Å². The van der Waals surface area contributed by atoms with E-state index in [4.69, 9.17) is 4.74 Å². The average Bonchev–Trinajstić information content (AvgIpc) is 3.16. The zero-order chi connectivity index (χ0) is 19.5. The number of hydrogen-bond acceptors (Lipinski definition) is 4. The Hall–Kier alpha value is -3.41. The number of aromatic amines is 1. The summed E-state index contributed by atoms with van der Waals surface area (Å²) in [5.41, 5.74) is 2.97. The summed E-state index contributed by atoms with van der Waals surface area (Å²) < 4.78 is 5.58. The van der Waals surface area contributed by atoms with Gasteiger partial charge in [0, 0.05) is 17.5 Å². The van der Waals surface area contributed by atoms with Crippen molar-refractivity contribution in [2.45, 2.75) is 25.7 Å². The van der Waals surface area contributed by atoms with Crippen molar-refractivity contribution in [3.63, 3.8) is 0 Å². The first-order valence-corrected chi connectivity index (χ1v) is 9.38. The molecule has 0 saturated heterocycles. The van der Waals surface area contributed by atoms with E-state index in [2.05, 4.69) is 15.5 Å². The molecule has 2 aromatic carbocycles. The standard InChI is InChI=1S/C22H21N3O3/c1-2-12-28-16-10-8-15(9-11-16)21(27)17-13-18(26)23-22-19(17)20(24-25-22)14-6-4-3-5-7-14/h3-11,17H,2,12-13H2,1H3,(H2,23,24,25,26). The Labute approximate surface area is 162 Å². The predicted molar refractivity (Wildman–Crippen MR) is 107 cm³/mol. The molecule has 6 heteroatoms. The molecule has 0 bridgehead atoms. The molecule has 0 fully saturated rings. The van der Waals surface area contributed by atoms with Crippen LogP contribution in [-0.4, -0.2) is 28.5 Å². The van der Waals surface area contributed by atoms with Gasteiger partial charge in [0.05, 0.1) is 18.2 Å². The first-order valence-electron chi connectivity index (χ1n) is 9.38. The second-order valence-corrected chi connectivity index (χ2v) is 6.77. The van der Waals surface area contributed by atoms with Gasteiger partial charge in [0.1, 0.15) is 5.75 Å². The molecule has 2 heterocycles. The zero-order valence-corrected chi connectivity index (χ0v) is 15.6. The lowest BCUT2D eigenvalue weighted by Gasteiger charge is -2.22. The number of H-pyrrole nitrogens is 1. The largest absolute Gasteiger partial charge is 0.494 e. The first kappa shape index (κ1) is 18.0. The molecule has 1 aliphatic heterocycles. The van der Waals surface area contributed by atoms with E-state index in [0.717, 1.165) is 29.0 Å². The Morgan fingerprint density at radius 1 is 1.14 bits per heavy atom. The molecule has 0 radical (unpaired) electrons. The average molecular weight is 375 g/mol. The van der Waals surface area contributed by atoms with Crippen molar-refractivity contribution in [3.8, 4) is 17.0 Å². The van der Waals surface area contributed by atoms with Crippen molar-refractivity contribution in [3.05, 3.63) is 65.7 Å². The maximum atomic E-state index is 13.3. The highest BCUT2D eigenvalue weighted by atomic mass is 16.5. The second-order valence-electron chi connectivity index (χ2n) is 6.77. The van der Waals surface area contributed by atoms with Crippen molar-refractivity contribution in [2.24, 2.45) is 0 Å². The van der Waals surface area contributed by atoms with Gasteiger partial charge in [0.2, 0.25) is 5.91 Å². The number of ether oxygens (including phenoxy) is 1. The summed E-state index contributed by atoms with van der Waals surface area (Å²) in [6.07, 6.45) is 1.02. The van der Waals surface area contributed by atoms with Crippen LogP contribution in [0.5, 0.6) is 5.75 Å². The monoisotopic (exact) mass is 375 g/mol. The van der Waals surface area contributed by atoms with Gasteiger partial charge in [-0.25, -0.2) is 0 Å². The van der Waals surface area contributed by atoms with E-state index in [1.165, 1.54) is 0 Å². The van der Waals surface area contributed by atoms with Gasteiger partial charge in [0.25, 0.3) is 0 Å². The highest BCUT2D eigenvalue weighted by Crippen LogP contribution is 2.39. The molecule has 6 nitrogen and oxygen atoms in total. The lowest BCUT2D eigenvalue weighted by Crippen LogP contribution is -2.27. The lowest BCUT2D eigenvalue weighted by atomic mass is 9.84. The maximum Gasteiger partial charge on any atom is 0.226 e. The van der Waals surface area contributed by atoms with Gasteiger partial charge in [-0.15, -0.1) is 0 Å². The summed E-state index contributed by atoms with van der Waals surface area (Å²) in [5.74, 6) is 0.266. The number of carbonyl (C=O) groups excluding carboxylic acids is 2. The van der Waals surface area contributed by atoms with Gasteiger partial charge in [-0.2, -0.15) is 5.10 Å². The number of amides is 1. The zero-order valence-electron chi connectivity index (χ0n) is 15.6. The van der Waals surface area contributed by atoms with Crippen LogP contribution >= 0.6 is 0 Å². The third-order valence-corrected chi connectivity index (χ3v) is 4.79. The number of fused-ring (bicyclic) bond motifs is 1. The normalized spacial score (nSPS) is 15.6. The van der Waals surface area contributed by atoms with Crippen LogP contribution < -0.4 is 10.1 Å². The van der Waals surface area contributed by atoms with Crippen LogP contribution in [0.15, 0.2) is 54.6 Å². The van der Waals surface area contributed by atoms with Gasteiger partial charge < -0.3 is 10.1 Å². The highest BCUT2D eigenvalue weighted by Gasteiger charge is 2.35. The van der Waals surface area contributed by atoms with Crippen LogP contribution in [0.25, 0.3) is 11.3 Å². The second kappa shape index (κ2) is 7.68. The molecule has 28 heavy (non-hydrogen) atoms.